The molecule has 0 radical (unpaired) electrons. The number of hydrogen-bond donors (Lipinski definition) is 1. The van der Waals surface area contributed by atoms with E-state index in [2.05, 4.69) is 17.7 Å². The molecule has 25 heavy (non-hydrogen) atoms. The number of aromatic nitrogens is 1. The van der Waals surface area contributed by atoms with Crippen LogP contribution in [0.25, 0.3) is 16.8 Å². The Morgan fingerprint density at radius 3 is 2.36 bits per heavy atom. The number of allylic oxidation sites excluding steroid dienone is 1. The van der Waals surface area contributed by atoms with Crippen molar-refractivity contribution in [3.63, 3.8) is 0 Å². The number of benzene rings is 2. The molecular formula is C21H19ClNO2+. The van der Waals surface area contributed by atoms with Crippen LogP contribution in [-0.2, 0) is 13.2 Å². The van der Waals surface area contributed by atoms with Gasteiger partial charge < -0.3 is 5.11 Å². The van der Waals surface area contributed by atoms with E-state index in [0.717, 1.165) is 33.0 Å². The number of ketones is 1. The fourth-order valence-corrected chi connectivity index (χ4v) is 3.12. The smallest absolute Gasteiger partial charge is 0.196 e. The van der Waals surface area contributed by atoms with Gasteiger partial charge in [-0.05, 0) is 22.6 Å². The SMILES string of the molecule is CCl.O=C1C(C[n+]2ccc(CO)cc2)=Cc2cccc3cccc1c23. The van der Waals surface area contributed by atoms with Crippen LogP contribution in [0, 0.1) is 0 Å². The van der Waals surface area contributed by atoms with Crippen molar-refractivity contribution in [3.8, 4) is 0 Å². The van der Waals surface area contributed by atoms with Crippen molar-refractivity contribution in [1.29, 1.82) is 0 Å². The number of Topliss-reactive ketones (excluding diaryl/α,β-unsaturated/α-hetero) is 1. The van der Waals surface area contributed by atoms with Crippen LogP contribution < -0.4 is 4.57 Å². The van der Waals surface area contributed by atoms with Crippen molar-refractivity contribution in [3.05, 3.63) is 83.2 Å². The van der Waals surface area contributed by atoms with Gasteiger partial charge in [0.2, 0.25) is 0 Å². The number of carbonyl (C=O) groups excluding carboxylic acids is 1. The summed E-state index contributed by atoms with van der Waals surface area (Å²) in [5, 5.41) is 11.3. The van der Waals surface area contributed by atoms with E-state index >= 15 is 0 Å². The summed E-state index contributed by atoms with van der Waals surface area (Å²) >= 11 is 4.64. The topological polar surface area (TPSA) is 41.2 Å². The van der Waals surface area contributed by atoms with Crippen molar-refractivity contribution in [1.82, 2.24) is 0 Å². The first-order valence-electron chi connectivity index (χ1n) is 8.00. The van der Waals surface area contributed by atoms with Crippen molar-refractivity contribution in [2.75, 3.05) is 6.38 Å². The Morgan fingerprint density at radius 1 is 1.00 bits per heavy atom. The second-order valence-corrected chi connectivity index (χ2v) is 5.79. The number of aliphatic hydroxyl groups excluding tert-OH is 1. The van der Waals surface area contributed by atoms with E-state index in [9.17, 15) is 4.79 Å². The molecule has 3 nitrogen and oxygen atoms in total. The maximum Gasteiger partial charge on any atom is 0.196 e. The van der Waals surface area contributed by atoms with Gasteiger partial charge in [-0.2, -0.15) is 0 Å². The molecule has 0 spiro atoms. The Kier molecular flexibility index (Phi) is 5.27. The van der Waals surface area contributed by atoms with Crippen LogP contribution in [0.5, 0.6) is 0 Å². The van der Waals surface area contributed by atoms with Gasteiger partial charge in [-0.25, -0.2) is 4.57 Å². The first-order chi connectivity index (χ1) is 12.3. The number of halogens is 1. The maximum atomic E-state index is 12.8. The Hall–Kier alpha value is -2.49. The molecule has 1 N–H and O–H groups in total. The average Bonchev–Trinajstić information content (AvgIpc) is 2.68. The van der Waals surface area contributed by atoms with Gasteiger partial charge in [-0.3, -0.25) is 4.79 Å². The van der Waals surface area contributed by atoms with E-state index in [1.165, 1.54) is 6.38 Å². The van der Waals surface area contributed by atoms with Crippen LogP contribution in [0.4, 0.5) is 0 Å². The average molecular weight is 353 g/mol. The number of alkyl halides is 1. The highest BCUT2D eigenvalue weighted by Crippen LogP contribution is 2.31. The Morgan fingerprint density at radius 2 is 1.68 bits per heavy atom. The fourth-order valence-electron chi connectivity index (χ4n) is 3.12. The van der Waals surface area contributed by atoms with Crippen LogP contribution in [0.15, 0.2) is 66.5 Å². The van der Waals surface area contributed by atoms with Gasteiger partial charge in [0, 0.05) is 29.5 Å². The molecule has 0 fully saturated rings. The molecule has 0 atom stereocenters. The van der Waals surface area contributed by atoms with Gasteiger partial charge in [-0.15, -0.1) is 11.6 Å². The molecule has 0 saturated carbocycles. The lowest BCUT2D eigenvalue weighted by Gasteiger charge is -2.15. The molecule has 4 rings (SSSR count). The second-order valence-electron chi connectivity index (χ2n) is 5.79. The van der Waals surface area contributed by atoms with Crippen LogP contribution in [0.3, 0.4) is 0 Å². The van der Waals surface area contributed by atoms with Gasteiger partial charge in [0.1, 0.15) is 0 Å². The number of pyridine rings is 1. The van der Waals surface area contributed by atoms with E-state index in [4.69, 9.17) is 5.11 Å². The highest BCUT2D eigenvalue weighted by molar-refractivity contribution is 6.22. The van der Waals surface area contributed by atoms with Gasteiger partial charge in [0.05, 0.1) is 12.2 Å². The zero-order chi connectivity index (χ0) is 17.8. The van der Waals surface area contributed by atoms with E-state index < -0.39 is 0 Å². The number of nitrogens with zero attached hydrogens (tertiary/aromatic N) is 1. The summed E-state index contributed by atoms with van der Waals surface area (Å²) < 4.78 is 1.96. The first-order valence-corrected chi connectivity index (χ1v) is 8.75. The molecule has 0 aliphatic heterocycles. The van der Waals surface area contributed by atoms with Gasteiger partial charge in [0.25, 0.3) is 0 Å². The summed E-state index contributed by atoms with van der Waals surface area (Å²) in [6, 6.07) is 15.7. The third-order valence-corrected chi connectivity index (χ3v) is 4.30. The minimum atomic E-state index is 0.0256. The molecule has 4 heteroatoms. The summed E-state index contributed by atoms with van der Waals surface area (Å²) in [4.78, 5) is 12.8. The third kappa shape index (κ3) is 3.34. The zero-order valence-corrected chi connectivity index (χ0v) is 14.7. The van der Waals surface area contributed by atoms with Gasteiger partial charge in [-0.1, -0.05) is 36.4 Å². The number of carbonyl (C=O) groups is 1. The van der Waals surface area contributed by atoms with Crippen molar-refractivity contribution in [2.45, 2.75) is 13.2 Å². The molecule has 3 aromatic rings. The largest absolute Gasteiger partial charge is 0.392 e. The summed E-state index contributed by atoms with van der Waals surface area (Å²) in [5.41, 5.74) is 3.52. The lowest BCUT2D eigenvalue weighted by molar-refractivity contribution is -0.688. The number of hydrogen-bond acceptors (Lipinski definition) is 2. The van der Waals surface area contributed by atoms with E-state index in [1.54, 1.807) is 0 Å². The minimum absolute atomic E-state index is 0.0256. The minimum Gasteiger partial charge on any atom is -0.392 e. The third-order valence-electron chi connectivity index (χ3n) is 4.30. The van der Waals surface area contributed by atoms with Gasteiger partial charge >= 0.3 is 0 Å². The van der Waals surface area contributed by atoms with E-state index in [1.807, 2.05) is 65.5 Å². The predicted octanol–water partition coefficient (Wildman–Crippen LogP) is 3.75. The van der Waals surface area contributed by atoms with Crippen LogP contribution in [0.1, 0.15) is 21.5 Å². The molecule has 0 unspecified atom stereocenters. The van der Waals surface area contributed by atoms with Crippen molar-refractivity contribution < 1.29 is 14.5 Å². The van der Waals surface area contributed by atoms with Crippen LogP contribution in [0.2, 0.25) is 0 Å². The van der Waals surface area contributed by atoms with Crippen LogP contribution >= 0.6 is 11.6 Å². The quantitative estimate of drug-likeness (QED) is 0.576. The molecule has 126 valence electrons. The summed E-state index contributed by atoms with van der Waals surface area (Å²) in [7, 11) is 0. The maximum absolute atomic E-state index is 12.8. The molecule has 2 aromatic carbocycles. The fraction of sp³-hybridized carbons (Fsp3) is 0.143. The normalized spacial score (nSPS) is 12.4. The number of aliphatic hydroxyl groups is 1. The number of rotatable bonds is 3. The molecule has 1 aromatic heterocycles. The molecule has 1 aliphatic carbocycles. The second kappa shape index (κ2) is 7.60. The summed E-state index contributed by atoms with van der Waals surface area (Å²) in [6.45, 7) is 0.549. The van der Waals surface area contributed by atoms with Gasteiger partial charge in [0.15, 0.2) is 24.7 Å². The first kappa shape index (κ1) is 17.3. The predicted molar refractivity (Wildman–Crippen MR) is 101 cm³/mol. The molecule has 0 bridgehead atoms. The molecule has 0 amide bonds. The standard InChI is InChI=1S/C20H16NO2.CH3Cl/c22-13-14-7-9-21(10-8-14)12-17-11-16-5-1-3-15-4-2-6-18(19(15)16)20(17)23;1-2/h1-11,22H,12-13H2;1H3/q+1;. The highest BCUT2D eigenvalue weighted by atomic mass is 35.5. The zero-order valence-electron chi connectivity index (χ0n) is 13.9. The molecule has 0 saturated heterocycles. The highest BCUT2D eigenvalue weighted by Gasteiger charge is 2.23. The van der Waals surface area contributed by atoms with Crippen molar-refractivity contribution >= 4 is 34.2 Å². The summed E-state index contributed by atoms with van der Waals surface area (Å²) in [5.74, 6) is 0.0908. The van der Waals surface area contributed by atoms with Crippen molar-refractivity contribution in [2.24, 2.45) is 0 Å². The monoisotopic (exact) mass is 352 g/mol. The molecule has 1 aliphatic rings. The molecule has 1 heterocycles. The van der Waals surface area contributed by atoms with E-state index in [-0.39, 0.29) is 12.4 Å². The Labute approximate surface area is 151 Å². The Balaban J connectivity index is 0.000000880. The lowest BCUT2D eigenvalue weighted by atomic mass is 9.88. The lowest BCUT2D eigenvalue weighted by Crippen LogP contribution is -2.35. The summed E-state index contributed by atoms with van der Waals surface area (Å²) in [6.07, 6.45) is 7.24. The van der Waals surface area contributed by atoms with E-state index in [0.29, 0.717) is 6.54 Å². The molecular weight excluding hydrogens is 334 g/mol. The van der Waals surface area contributed by atoms with Crippen LogP contribution in [-0.4, -0.2) is 17.3 Å². The Bertz CT molecular complexity index is 941.